The van der Waals surface area contributed by atoms with Gasteiger partial charge < -0.3 is 14.3 Å². The highest BCUT2D eigenvalue weighted by molar-refractivity contribution is 7.99. The minimum Gasteiger partial charge on any atom is -0.463 e. The Kier molecular flexibility index (Phi) is 4.89. The molecule has 90 valence electrons. The molecular weight excluding hydrogens is 228 g/mol. The fourth-order valence-corrected chi connectivity index (χ4v) is 1.88. The lowest BCUT2D eigenvalue weighted by molar-refractivity contribution is 0.0563. The van der Waals surface area contributed by atoms with Gasteiger partial charge in [0, 0.05) is 5.25 Å². The van der Waals surface area contributed by atoms with Gasteiger partial charge in [0.15, 0.2) is 0 Å². The molecule has 0 aromatic carbocycles. The topological polar surface area (TPSA) is 59.7 Å². The van der Waals surface area contributed by atoms with Gasteiger partial charge in [-0.1, -0.05) is 6.92 Å². The summed E-state index contributed by atoms with van der Waals surface area (Å²) in [6.45, 7) is 3.69. The van der Waals surface area contributed by atoms with E-state index < -0.39 is 5.97 Å². The minimum atomic E-state index is -0.472. The van der Waals surface area contributed by atoms with Gasteiger partial charge in [-0.05, 0) is 19.1 Å². The van der Waals surface area contributed by atoms with E-state index in [0.29, 0.717) is 11.5 Å². The highest BCUT2D eigenvalue weighted by Gasteiger charge is 2.13. The van der Waals surface area contributed by atoms with E-state index in [0.717, 1.165) is 0 Å². The van der Waals surface area contributed by atoms with Crippen molar-refractivity contribution in [3.63, 3.8) is 0 Å². The quantitative estimate of drug-likeness (QED) is 0.803. The summed E-state index contributed by atoms with van der Waals surface area (Å²) in [6.07, 6.45) is -0.361. The number of hydrogen-bond donors (Lipinski definition) is 1. The van der Waals surface area contributed by atoms with Gasteiger partial charge in [0.25, 0.3) is 0 Å². The number of ether oxygens (including phenoxy) is 1. The highest BCUT2D eigenvalue weighted by Crippen LogP contribution is 2.21. The van der Waals surface area contributed by atoms with Gasteiger partial charge in [0.1, 0.15) is 5.76 Å². The summed E-state index contributed by atoms with van der Waals surface area (Å²) in [5.74, 6) is 1.07. The Labute approximate surface area is 99.0 Å². The van der Waals surface area contributed by atoms with Crippen LogP contribution in [0.3, 0.4) is 0 Å². The Hall–Kier alpha value is -0.940. The summed E-state index contributed by atoms with van der Waals surface area (Å²) in [7, 11) is 1.31. The van der Waals surface area contributed by atoms with Crippen LogP contribution in [0.5, 0.6) is 0 Å². The molecule has 0 saturated heterocycles. The van der Waals surface area contributed by atoms with Crippen LogP contribution in [0.1, 0.15) is 30.2 Å². The number of aliphatic hydroxyl groups is 1. The predicted molar refractivity (Wildman–Crippen MR) is 62.5 cm³/mol. The summed E-state index contributed by atoms with van der Waals surface area (Å²) in [5.41, 5.74) is 0. The lowest BCUT2D eigenvalue weighted by atomic mass is 10.3. The van der Waals surface area contributed by atoms with Crippen LogP contribution in [0.2, 0.25) is 0 Å². The maximum Gasteiger partial charge on any atom is 0.373 e. The molecule has 0 bridgehead atoms. The summed E-state index contributed by atoms with van der Waals surface area (Å²) >= 11 is 1.57. The Morgan fingerprint density at radius 3 is 2.81 bits per heavy atom. The zero-order valence-electron chi connectivity index (χ0n) is 9.60. The number of carbonyl (C=O) groups excluding carboxylic acids is 1. The SMILES string of the molecule is COC(=O)c1ccc(CSC(C)C(C)O)o1. The Morgan fingerprint density at radius 1 is 1.56 bits per heavy atom. The molecule has 1 rings (SSSR count). The molecule has 2 unspecified atom stereocenters. The first kappa shape index (κ1) is 13.1. The van der Waals surface area contributed by atoms with Gasteiger partial charge in [0.2, 0.25) is 5.76 Å². The second-order valence-electron chi connectivity index (χ2n) is 3.51. The number of thioether (sulfide) groups is 1. The fraction of sp³-hybridized carbons (Fsp3) is 0.545. The molecule has 4 nitrogen and oxygen atoms in total. The lowest BCUT2D eigenvalue weighted by Crippen LogP contribution is -2.15. The van der Waals surface area contributed by atoms with Crippen LogP contribution in [0.15, 0.2) is 16.5 Å². The zero-order valence-corrected chi connectivity index (χ0v) is 10.4. The summed E-state index contributed by atoms with van der Waals surface area (Å²) in [5, 5.41) is 9.44. The predicted octanol–water partition coefficient (Wildman–Crippen LogP) is 2.07. The van der Waals surface area contributed by atoms with Crippen molar-refractivity contribution in [3.8, 4) is 0 Å². The summed E-state index contributed by atoms with van der Waals surface area (Å²) in [4.78, 5) is 11.1. The van der Waals surface area contributed by atoms with E-state index >= 15 is 0 Å². The van der Waals surface area contributed by atoms with E-state index in [9.17, 15) is 9.90 Å². The lowest BCUT2D eigenvalue weighted by Gasteiger charge is -2.12. The monoisotopic (exact) mass is 244 g/mol. The molecule has 0 spiro atoms. The number of carbonyl (C=O) groups is 1. The second kappa shape index (κ2) is 5.96. The molecule has 1 aromatic rings. The van der Waals surface area contributed by atoms with E-state index in [2.05, 4.69) is 4.74 Å². The average molecular weight is 244 g/mol. The van der Waals surface area contributed by atoms with Crippen molar-refractivity contribution in [1.29, 1.82) is 0 Å². The third-order valence-corrected chi connectivity index (χ3v) is 3.59. The number of rotatable bonds is 5. The zero-order chi connectivity index (χ0) is 12.1. The van der Waals surface area contributed by atoms with Gasteiger partial charge in [-0.3, -0.25) is 0 Å². The maximum absolute atomic E-state index is 11.1. The van der Waals surface area contributed by atoms with Crippen LogP contribution >= 0.6 is 11.8 Å². The van der Waals surface area contributed by atoms with Gasteiger partial charge in [0.05, 0.1) is 19.0 Å². The van der Waals surface area contributed by atoms with E-state index in [-0.39, 0.29) is 17.1 Å². The van der Waals surface area contributed by atoms with Crippen molar-refractivity contribution in [2.75, 3.05) is 7.11 Å². The third-order valence-electron chi connectivity index (χ3n) is 2.22. The van der Waals surface area contributed by atoms with Crippen LogP contribution in [0.25, 0.3) is 0 Å². The first-order valence-electron chi connectivity index (χ1n) is 5.01. The molecule has 0 aliphatic carbocycles. The molecule has 2 atom stereocenters. The number of methoxy groups -OCH3 is 1. The molecular formula is C11H16O4S. The molecule has 0 fully saturated rings. The van der Waals surface area contributed by atoms with E-state index in [1.54, 1.807) is 30.8 Å². The van der Waals surface area contributed by atoms with Crippen molar-refractivity contribution in [1.82, 2.24) is 0 Å². The van der Waals surface area contributed by atoms with Crippen LogP contribution in [0.4, 0.5) is 0 Å². The molecule has 1 aromatic heterocycles. The highest BCUT2D eigenvalue weighted by atomic mass is 32.2. The molecule has 0 saturated carbocycles. The smallest absolute Gasteiger partial charge is 0.373 e. The number of furan rings is 1. The van der Waals surface area contributed by atoms with Crippen molar-refractivity contribution < 1.29 is 19.1 Å². The van der Waals surface area contributed by atoms with Crippen LogP contribution < -0.4 is 0 Å². The van der Waals surface area contributed by atoms with Gasteiger partial charge in [-0.15, -0.1) is 11.8 Å². The van der Waals surface area contributed by atoms with Crippen molar-refractivity contribution in [3.05, 3.63) is 23.7 Å². The van der Waals surface area contributed by atoms with Gasteiger partial charge in [-0.2, -0.15) is 0 Å². The number of esters is 1. The fourth-order valence-electron chi connectivity index (χ4n) is 1.02. The summed E-state index contributed by atoms with van der Waals surface area (Å²) < 4.78 is 9.82. The normalized spacial score (nSPS) is 14.5. The van der Waals surface area contributed by atoms with Crippen LogP contribution in [-0.4, -0.2) is 29.5 Å². The molecule has 1 N–H and O–H groups in total. The summed E-state index contributed by atoms with van der Waals surface area (Å²) in [6, 6.07) is 3.34. The molecule has 16 heavy (non-hydrogen) atoms. The molecule has 5 heteroatoms. The van der Waals surface area contributed by atoms with Gasteiger partial charge in [-0.25, -0.2) is 4.79 Å². The molecule has 0 radical (unpaired) electrons. The first-order chi connectivity index (χ1) is 7.54. The standard InChI is InChI=1S/C11H16O4S/c1-7(12)8(2)16-6-9-4-5-10(15-9)11(13)14-3/h4-5,7-8,12H,6H2,1-3H3. The Balaban J connectivity index is 2.49. The molecule has 0 amide bonds. The Morgan fingerprint density at radius 2 is 2.25 bits per heavy atom. The average Bonchev–Trinajstić information content (AvgIpc) is 2.73. The van der Waals surface area contributed by atoms with E-state index in [4.69, 9.17) is 4.42 Å². The maximum atomic E-state index is 11.1. The van der Waals surface area contributed by atoms with Crippen molar-refractivity contribution in [2.45, 2.75) is 31.0 Å². The van der Waals surface area contributed by atoms with Gasteiger partial charge >= 0.3 is 5.97 Å². The Bertz CT molecular complexity index is 346. The van der Waals surface area contributed by atoms with E-state index in [1.807, 2.05) is 6.92 Å². The molecule has 0 aliphatic heterocycles. The van der Waals surface area contributed by atoms with Crippen LogP contribution in [-0.2, 0) is 10.5 Å². The van der Waals surface area contributed by atoms with Crippen molar-refractivity contribution in [2.24, 2.45) is 0 Å². The number of aliphatic hydroxyl groups excluding tert-OH is 1. The van der Waals surface area contributed by atoms with Crippen LogP contribution in [0, 0.1) is 0 Å². The second-order valence-corrected chi connectivity index (χ2v) is 4.88. The largest absolute Gasteiger partial charge is 0.463 e. The molecule has 0 aliphatic rings. The molecule has 1 heterocycles. The number of hydrogen-bond acceptors (Lipinski definition) is 5. The van der Waals surface area contributed by atoms with E-state index in [1.165, 1.54) is 7.11 Å². The minimum absolute atomic E-state index is 0.131. The third kappa shape index (κ3) is 3.57. The van der Waals surface area contributed by atoms with Crippen molar-refractivity contribution >= 4 is 17.7 Å². The first-order valence-corrected chi connectivity index (χ1v) is 6.06.